The van der Waals surface area contributed by atoms with Crippen molar-refractivity contribution in [2.75, 3.05) is 7.05 Å². The van der Waals surface area contributed by atoms with Gasteiger partial charge in [-0.3, -0.25) is 9.98 Å². The van der Waals surface area contributed by atoms with Crippen LogP contribution in [0.5, 0.6) is 0 Å². The van der Waals surface area contributed by atoms with Gasteiger partial charge >= 0.3 is 0 Å². The van der Waals surface area contributed by atoms with Crippen LogP contribution in [-0.2, 0) is 13.1 Å². The molecule has 0 spiro atoms. The lowest BCUT2D eigenvalue weighted by atomic mass is 10.1. The molecule has 2 heterocycles. The molecular weight excluding hydrogens is 314 g/mol. The van der Waals surface area contributed by atoms with Crippen molar-refractivity contribution in [3.8, 4) is 0 Å². The molecule has 0 aliphatic rings. The van der Waals surface area contributed by atoms with Gasteiger partial charge in [0.1, 0.15) is 0 Å². The molecule has 0 bridgehead atoms. The number of benzene rings is 1. The Morgan fingerprint density at radius 2 is 1.96 bits per heavy atom. The molecule has 6 nitrogen and oxygen atoms in total. The number of para-hydroxylation sites is 1. The lowest BCUT2D eigenvalue weighted by Crippen LogP contribution is -2.36. The van der Waals surface area contributed by atoms with Gasteiger partial charge in [-0.1, -0.05) is 37.2 Å². The van der Waals surface area contributed by atoms with Gasteiger partial charge in [-0.05, 0) is 23.6 Å². The Labute approximate surface area is 147 Å². The van der Waals surface area contributed by atoms with Crippen LogP contribution < -0.4 is 10.6 Å². The van der Waals surface area contributed by atoms with Crippen LogP contribution in [0.25, 0.3) is 10.9 Å². The van der Waals surface area contributed by atoms with Gasteiger partial charge in [0.05, 0.1) is 17.8 Å². The van der Waals surface area contributed by atoms with E-state index in [0.717, 1.165) is 22.4 Å². The number of nitrogens with zero attached hydrogens (tertiary/aromatic N) is 3. The number of rotatable bonds is 5. The van der Waals surface area contributed by atoms with Crippen molar-refractivity contribution < 1.29 is 4.52 Å². The number of nitrogens with one attached hydrogen (secondary N) is 2. The van der Waals surface area contributed by atoms with E-state index in [1.807, 2.05) is 36.5 Å². The number of guanidine groups is 1. The first-order valence-electron chi connectivity index (χ1n) is 8.40. The Hall–Kier alpha value is -2.89. The normalized spacial score (nSPS) is 11.9. The van der Waals surface area contributed by atoms with Crippen LogP contribution in [0.3, 0.4) is 0 Å². The molecule has 2 N–H and O–H groups in total. The van der Waals surface area contributed by atoms with Gasteiger partial charge in [-0.15, -0.1) is 0 Å². The van der Waals surface area contributed by atoms with Crippen LogP contribution >= 0.6 is 0 Å². The molecule has 25 heavy (non-hydrogen) atoms. The molecule has 2 aromatic heterocycles. The van der Waals surface area contributed by atoms with Crippen molar-refractivity contribution in [1.29, 1.82) is 0 Å². The Bertz CT molecular complexity index is 864. The first-order valence-corrected chi connectivity index (χ1v) is 8.40. The van der Waals surface area contributed by atoms with Crippen LogP contribution in [0.15, 0.2) is 52.1 Å². The highest BCUT2D eigenvalue weighted by Crippen LogP contribution is 2.16. The third-order valence-corrected chi connectivity index (χ3v) is 4.01. The van der Waals surface area contributed by atoms with E-state index in [1.165, 1.54) is 5.56 Å². The molecule has 0 saturated carbocycles. The second kappa shape index (κ2) is 7.79. The van der Waals surface area contributed by atoms with Crippen LogP contribution in [0.2, 0.25) is 0 Å². The second-order valence-corrected chi connectivity index (χ2v) is 6.14. The zero-order valence-corrected chi connectivity index (χ0v) is 14.8. The highest BCUT2D eigenvalue weighted by molar-refractivity contribution is 5.83. The highest BCUT2D eigenvalue weighted by atomic mass is 16.5. The Morgan fingerprint density at radius 3 is 2.72 bits per heavy atom. The smallest absolute Gasteiger partial charge is 0.191 e. The topological polar surface area (TPSA) is 75.3 Å². The second-order valence-electron chi connectivity index (χ2n) is 6.14. The molecule has 130 valence electrons. The molecule has 3 aromatic rings. The number of aliphatic imine (C=N–C) groups is 1. The minimum Gasteiger partial charge on any atom is -0.359 e. The van der Waals surface area contributed by atoms with Gasteiger partial charge < -0.3 is 15.2 Å². The van der Waals surface area contributed by atoms with E-state index in [9.17, 15) is 0 Å². The summed E-state index contributed by atoms with van der Waals surface area (Å²) in [5.41, 5.74) is 3.13. The molecule has 6 heteroatoms. The summed E-state index contributed by atoms with van der Waals surface area (Å²) in [5.74, 6) is 1.86. The number of fused-ring (bicyclic) bond motifs is 1. The van der Waals surface area contributed by atoms with Gasteiger partial charge in [-0.2, -0.15) is 0 Å². The first-order chi connectivity index (χ1) is 12.2. The van der Waals surface area contributed by atoms with Gasteiger partial charge in [0.2, 0.25) is 0 Å². The van der Waals surface area contributed by atoms with Crippen molar-refractivity contribution in [3.05, 3.63) is 59.6 Å². The molecule has 0 fully saturated rings. The molecule has 0 saturated heterocycles. The summed E-state index contributed by atoms with van der Waals surface area (Å²) in [6.45, 7) is 5.38. The third kappa shape index (κ3) is 4.15. The summed E-state index contributed by atoms with van der Waals surface area (Å²) < 4.78 is 5.34. The summed E-state index contributed by atoms with van der Waals surface area (Å²) in [5, 5.41) is 11.8. The Morgan fingerprint density at radius 1 is 1.16 bits per heavy atom. The van der Waals surface area contributed by atoms with Gasteiger partial charge in [-0.25, -0.2) is 0 Å². The number of aromatic nitrogens is 2. The van der Waals surface area contributed by atoms with Crippen LogP contribution in [0, 0.1) is 0 Å². The van der Waals surface area contributed by atoms with Gasteiger partial charge in [0.15, 0.2) is 11.7 Å². The number of hydrogen-bond acceptors (Lipinski definition) is 4. The predicted octanol–water partition coefficient (Wildman–Crippen LogP) is 3.21. The summed E-state index contributed by atoms with van der Waals surface area (Å²) in [6.07, 6.45) is 1.83. The van der Waals surface area contributed by atoms with E-state index >= 15 is 0 Å². The summed E-state index contributed by atoms with van der Waals surface area (Å²) in [4.78, 5) is 8.65. The highest BCUT2D eigenvalue weighted by Gasteiger charge is 2.08. The maximum absolute atomic E-state index is 5.34. The number of pyridine rings is 1. The molecule has 0 unspecified atom stereocenters. The van der Waals surface area contributed by atoms with E-state index < -0.39 is 0 Å². The minimum atomic E-state index is 0.356. The molecule has 0 aliphatic carbocycles. The molecule has 0 aliphatic heterocycles. The lowest BCUT2D eigenvalue weighted by Gasteiger charge is -2.12. The fraction of sp³-hybridized carbons (Fsp3) is 0.316. The van der Waals surface area contributed by atoms with Crippen molar-refractivity contribution >= 4 is 16.9 Å². The van der Waals surface area contributed by atoms with E-state index in [4.69, 9.17) is 4.52 Å². The molecule has 0 atom stereocenters. The van der Waals surface area contributed by atoms with Gasteiger partial charge in [0, 0.05) is 31.2 Å². The fourth-order valence-electron chi connectivity index (χ4n) is 2.56. The number of hydrogen-bond donors (Lipinski definition) is 2. The first kappa shape index (κ1) is 17.0. The van der Waals surface area contributed by atoms with E-state index in [0.29, 0.717) is 25.0 Å². The van der Waals surface area contributed by atoms with Gasteiger partial charge in [0.25, 0.3) is 0 Å². The lowest BCUT2D eigenvalue weighted by molar-refractivity contribution is 0.372. The summed E-state index contributed by atoms with van der Waals surface area (Å²) >= 11 is 0. The average molecular weight is 337 g/mol. The minimum absolute atomic E-state index is 0.356. The molecular formula is C19H23N5O. The Kier molecular flexibility index (Phi) is 5.28. The summed E-state index contributed by atoms with van der Waals surface area (Å²) in [6, 6.07) is 12.1. The fourth-order valence-corrected chi connectivity index (χ4v) is 2.56. The standard InChI is InChI=1S/C19H23N5O/c1-13(2)18-10-15(25-24-18)12-23-19(20-3)22-11-14-8-9-21-17-7-5-4-6-16(14)17/h4-10,13H,11-12H2,1-3H3,(H2,20,22,23). The largest absolute Gasteiger partial charge is 0.359 e. The monoisotopic (exact) mass is 337 g/mol. The van der Waals surface area contributed by atoms with Crippen LogP contribution in [-0.4, -0.2) is 23.1 Å². The van der Waals surface area contributed by atoms with Crippen molar-refractivity contribution in [2.45, 2.75) is 32.9 Å². The molecule has 3 rings (SSSR count). The summed E-state index contributed by atoms with van der Waals surface area (Å²) in [7, 11) is 1.75. The van der Waals surface area contributed by atoms with E-state index in [2.05, 4.69) is 45.7 Å². The van der Waals surface area contributed by atoms with E-state index in [-0.39, 0.29) is 0 Å². The zero-order valence-electron chi connectivity index (χ0n) is 14.8. The Balaban J connectivity index is 1.60. The zero-order chi connectivity index (χ0) is 17.6. The van der Waals surface area contributed by atoms with E-state index in [1.54, 1.807) is 7.05 Å². The maximum atomic E-state index is 5.34. The van der Waals surface area contributed by atoms with Crippen LogP contribution in [0.1, 0.15) is 36.8 Å². The predicted molar refractivity (Wildman–Crippen MR) is 99.4 cm³/mol. The molecule has 0 amide bonds. The molecule has 1 aromatic carbocycles. The van der Waals surface area contributed by atoms with Crippen molar-refractivity contribution in [1.82, 2.24) is 20.8 Å². The third-order valence-electron chi connectivity index (χ3n) is 4.01. The quantitative estimate of drug-likeness (QED) is 0.552. The molecule has 0 radical (unpaired) electrons. The van der Waals surface area contributed by atoms with Crippen LogP contribution in [0.4, 0.5) is 0 Å². The van der Waals surface area contributed by atoms with Crippen molar-refractivity contribution in [3.63, 3.8) is 0 Å². The SMILES string of the molecule is CN=C(NCc1cc(C(C)C)no1)NCc1ccnc2ccccc12. The van der Waals surface area contributed by atoms with Crippen molar-refractivity contribution in [2.24, 2.45) is 4.99 Å². The average Bonchev–Trinajstić information content (AvgIpc) is 3.11. The maximum Gasteiger partial charge on any atom is 0.191 e.